The van der Waals surface area contributed by atoms with E-state index in [2.05, 4.69) is 21.2 Å². The number of halogens is 1. The summed E-state index contributed by atoms with van der Waals surface area (Å²) in [6, 6.07) is 5.44. The fourth-order valence-corrected chi connectivity index (χ4v) is 2.11. The van der Waals surface area contributed by atoms with Crippen LogP contribution in [0.1, 0.15) is 33.3 Å². The van der Waals surface area contributed by atoms with E-state index in [0.717, 1.165) is 10.0 Å². The molecule has 5 nitrogen and oxygen atoms in total. The normalized spacial score (nSPS) is 12.8. The first-order valence-electron chi connectivity index (χ1n) is 7.16. The summed E-state index contributed by atoms with van der Waals surface area (Å²) in [5.74, 6) is -0.293. The molecule has 1 amide bonds. The number of methoxy groups -OCH3 is 1. The van der Waals surface area contributed by atoms with E-state index in [0.29, 0.717) is 5.75 Å². The molecule has 0 radical (unpaired) electrons. The zero-order chi connectivity index (χ0) is 17.6. The van der Waals surface area contributed by atoms with Crippen LogP contribution in [0.2, 0.25) is 0 Å². The Morgan fingerprint density at radius 1 is 1.30 bits per heavy atom. The smallest absolute Gasteiger partial charge is 0.331 e. The molecule has 1 N–H and O–H groups in total. The summed E-state index contributed by atoms with van der Waals surface area (Å²) in [5.41, 5.74) is 0.350. The molecule has 1 atom stereocenters. The Kier molecular flexibility index (Phi) is 6.81. The first-order chi connectivity index (χ1) is 10.6. The molecular formula is C17H22BrNO4. The van der Waals surface area contributed by atoms with E-state index >= 15 is 0 Å². The molecule has 0 saturated carbocycles. The molecule has 0 bridgehead atoms. The van der Waals surface area contributed by atoms with Gasteiger partial charge in [-0.1, -0.05) is 15.9 Å². The Morgan fingerprint density at radius 2 is 1.96 bits per heavy atom. The number of hydrogen-bond acceptors (Lipinski definition) is 4. The first kappa shape index (κ1) is 19.2. The topological polar surface area (TPSA) is 64.6 Å². The van der Waals surface area contributed by atoms with Crippen LogP contribution in [0.25, 0.3) is 6.08 Å². The van der Waals surface area contributed by atoms with Gasteiger partial charge in [0.2, 0.25) is 0 Å². The van der Waals surface area contributed by atoms with Gasteiger partial charge in [-0.2, -0.15) is 0 Å². The van der Waals surface area contributed by atoms with Gasteiger partial charge in [-0.3, -0.25) is 4.79 Å². The maximum absolute atomic E-state index is 11.9. The molecule has 0 spiro atoms. The molecule has 1 aromatic carbocycles. The molecule has 0 aliphatic rings. The van der Waals surface area contributed by atoms with Crippen molar-refractivity contribution in [3.63, 3.8) is 0 Å². The van der Waals surface area contributed by atoms with Crippen LogP contribution in [0.3, 0.4) is 0 Å². The largest absolute Gasteiger partial charge is 0.496 e. The Balaban J connectivity index is 2.69. The molecular weight excluding hydrogens is 362 g/mol. The number of ether oxygens (including phenoxy) is 2. The van der Waals surface area contributed by atoms with Crippen LogP contribution < -0.4 is 10.1 Å². The molecule has 1 aromatic rings. The molecule has 0 aliphatic heterocycles. The molecule has 23 heavy (non-hydrogen) atoms. The van der Waals surface area contributed by atoms with Crippen molar-refractivity contribution in [2.24, 2.45) is 0 Å². The molecule has 0 aliphatic carbocycles. The second-order valence-corrected chi connectivity index (χ2v) is 6.95. The van der Waals surface area contributed by atoms with Gasteiger partial charge in [-0.15, -0.1) is 0 Å². The Morgan fingerprint density at radius 3 is 2.52 bits per heavy atom. The number of carbonyl (C=O) groups is 2. The Hall–Kier alpha value is -1.82. The monoisotopic (exact) mass is 383 g/mol. The predicted octanol–water partition coefficient (Wildman–Crippen LogP) is 3.32. The Bertz CT molecular complexity index is 605. The van der Waals surface area contributed by atoms with Gasteiger partial charge in [0.15, 0.2) is 6.10 Å². The van der Waals surface area contributed by atoms with Crippen LogP contribution in [0.15, 0.2) is 28.7 Å². The van der Waals surface area contributed by atoms with Gasteiger partial charge in [-0.05, 0) is 52.0 Å². The molecule has 0 heterocycles. The van der Waals surface area contributed by atoms with Crippen LogP contribution in [0.5, 0.6) is 5.75 Å². The number of nitrogens with one attached hydrogen (secondary N) is 1. The van der Waals surface area contributed by atoms with E-state index in [-0.39, 0.29) is 11.4 Å². The summed E-state index contributed by atoms with van der Waals surface area (Å²) >= 11 is 3.36. The fraction of sp³-hybridized carbons (Fsp3) is 0.412. The van der Waals surface area contributed by atoms with Crippen molar-refractivity contribution in [1.82, 2.24) is 5.32 Å². The van der Waals surface area contributed by atoms with Gasteiger partial charge >= 0.3 is 5.97 Å². The third kappa shape index (κ3) is 6.86. The van der Waals surface area contributed by atoms with Crippen molar-refractivity contribution in [3.05, 3.63) is 34.3 Å². The summed E-state index contributed by atoms with van der Waals surface area (Å²) in [5, 5.41) is 2.76. The standard InChI is InChI=1S/C17H22BrNO4/c1-11(16(21)19-17(2,3)4)23-15(20)9-6-12-10-13(18)7-8-14(12)22-5/h6-11H,1-5H3,(H,19,21)/b9-6+/t11-/m0/s1. The maximum atomic E-state index is 11.9. The Labute approximate surface area is 145 Å². The first-order valence-corrected chi connectivity index (χ1v) is 7.96. The van der Waals surface area contributed by atoms with Gasteiger partial charge in [-0.25, -0.2) is 4.79 Å². The summed E-state index contributed by atoms with van der Waals surface area (Å²) in [7, 11) is 1.55. The second kappa shape index (κ2) is 8.15. The summed E-state index contributed by atoms with van der Waals surface area (Å²) in [6.07, 6.45) is 1.99. The average Bonchev–Trinajstić information content (AvgIpc) is 2.43. The van der Waals surface area contributed by atoms with Crippen molar-refractivity contribution < 1.29 is 19.1 Å². The summed E-state index contributed by atoms with van der Waals surface area (Å²) in [4.78, 5) is 23.7. The lowest BCUT2D eigenvalue weighted by molar-refractivity contribution is -0.150. The highest BCUT2D eigenvalue weighted by molar-refractivity contribution is 9.10. The third-order valence-electron chi connectivity index (χ3n) is 2.75. The van der Waals surface area contributed by atoms with E-state index < -0.39 is 12.1 Å². The van der Waals surface area contributed by atoms with E-state index in [4.69, 9.17) is 9.47 Å². The molecule has 1 rings (SSSR count). The van der Waals surface area contributed by atoms with Crippen molar-refractivity contribution >= 4 is 33.9 Å². The van der Waals surface area contributed by atoms with Crippen LogP contribution in [0, 0.1) is 0 Å². The number of benzene rings is 1. The lowest BCUT2D eigenvalue weighted by Crippen LogP contribution is -2.46. The van der Waals surface area contributed by atoms with Gasteiger partial charge in [0.05, 0.1) is 7.11 Å². The number of rotatable bonds is 5. The molecule has 126 valence electrons. The summed E-state index contributed by atoms with van der Waals surface area (Å²) in [6.45, 7) is 7.11. The SMILES string of the molecule is COc1ccc(Br)cc1/C=C/C(=O)O[C@@H](C)C(=O)NC(C)(C)C. The van der Waals surface area contributed by atoms with Crippen LogP contribution in [-0.2, 0) is 14.3 Å². The zero-order valence-electron chi connectivity index (χ0n) is 14.0. The predicted molar refractivity (Wildman–Crippen MR) is 93.2 cm³/mol. The van der Waals surface area contributed by atoms with Gasteiger partial charge in [0.25, 0.3) is 5.91 Å². The van der Waals surface area contributed by atoms with Crippen molar-refractivity contribution in [2.45, 2.75) is 39.3 Å². The minimum atomic E-state index is -0.865. The van der Waals surface area contributed by atoms with Gasteiger partial charge in [0, 0.05) is 21.7 Å². The van der Waals surface area contributed by atoms with E-state index in [1.807, 2.05) is 32.9 Å². The quantitative estimate of drug-likeness (QED) is 0.625. The van der Waals surface area contributed by atoms with Crippen molar-refractivity contribution in [2.75, 3.05) is 7.11 Å². The molecule has 0 fully saturated rings. The van der Waals surface area contributed by atoms with Gasteiger partial charge in [0.1, 0.15) is 5.75 Å². The lowest BCUT2D eigenvalue weighted by Gasteiger charge is -2.22. The minimum Gasteiger partial charge on any atom is -0.496 e. The fourth-order valence-electron chi connectivity index (χ4n) is 1.73. The number of carbonyl (C=O) groups excluding carboxylic acids is 2. The van der Waals surface area contributed by atoms with E-state index in [9.17, 15) is 9.59 Å². The lowest BCUT2D eigenvalue weighted by atomic mass is 10.1. The molecule has 6 heteroatoms. The van der Waals surface area contributed by atoms with E-state index in [1.54, 1.807) is 19.3 Å². The van der Waals surface area contributed by atoms with Gasteiger partial charge < -0.3 is 14.8 Å². The number of amides is 1. The highest BCUT2D eigenvalue weighted by Gasteiger charge is 2.21. The van der Waals surface area contributed by atoms with Crippen LogP contribution in [-0.4, -0.2) is 30.6 Å². The maximum Gasteiger partial charge on any atom is 0.331 e. The highest BCUT2D eigenvalue weighted by atomic mass is 79.9. The zero-order valence-corrected chi connectivity index (χ0v) is 15.6. The van der Waals surface area contributed by atoms with Crippen molar-refractivity contribution in [3.8, 4) is 5.75 Å². The second-order valence-electron chi connectivity index (χ2n) is 6.04. The minimum absolute atomic E-state index is 0.334. The van der Waals surface area contributed by atoms with Crippen LogP contribution in [0.4, 0.5) is 0 Å². The molecule has 0 saturated heterocycles. The van der Waals surface area contributed by atoms with Crippen molar-refractivity contribution in [1.29, 1.82) is 0 Å². The van der Waals surface area contributed by atoms with Crippen LogP contribution >= 0.6 is 15.9 Å². The molecule has 0 unspecified atom stereocenters. The van der Waals surface area contributed by atoms with E-state index in [1.165, 1.54) is 13.0 Å². The summed E-state index contributed by atoms with van der Waals surface area (Å²) < 4.78 is 11.2. The number of hydrogen-bond donors (Lipinski definition) is 1. The highest BCUT2D eigenvalue weighted by Crippen LogP contribution is 2.24. The average molecular weight is 384 g/mol. The molecule has 0 aromatic heterocycles. The third-order valence-corrected chi connectivity index (χ3v) is 3.24. The number of esters is 1.